The molecule has 3 nitrogen and oxygen atoms in total. The van der Waals surface area contributed by atoms with Crippen molar-refractivity contribution < 1.29 is 0 Å². The number of aromatic nitrogens is 2. The van der Waals surface area contributed by atoms with Gasteiger partial charge in [0, 0.05) is 17.8 Å². The smallest absolute Gasteiger partial charge is 0.0729 e. The molecule has 20 heavy (non-hydrogen) atoms. The Kier molecular flexibility index (Phi) is 3.44. The van der Waals surface area contributed by atoms with Gasteiger partial charge in [0.1, 0.15) is 0 Å². The minimum absolute atomic E-state index is 0.198. The minimum Gasteiger partial charge on any atom is -0.319 e. The summed E-state index contributed by atoms with van der Waals surface area (Å²) >= 11 is 0. The lowest BCUT2D eigenvalue weighted by molar-refractivity contribution is 0.807. The Balaban J connectivity index is 2.05. The van der Waals surface area contributed by atoms with Crippen LogP contribution in [0.4, 0.5) is 0 Å². The third kappa shape index (κ3) is 2.28. The zero-order valence-corrected chi connectivity index (χ0v) is 11.5. The monoisotopic (exact) mass is 263 g/mol. The number of benzene rings is 1. The van der Waals surface area contributed by atoms with E-state index in [1.165, 1.54) is 5.56 Å². The van der Waals surface area contributed by atoms with Crippen LogP contribution < -0.4 is 5.73 Å². The third-order valence-electron chi connectivity index (χ3n) is 3.59. The molecule has 0 saturated carbocycles. The van der Waals surface area contributed by atoms with Gasteiger partial charge in [0.25, 0.3) is 0 Å². The highest BCUT2D eigenvalue weighted by Gasteiger charge is 2.14. The summed E-state index contributed by atoms with van der Waals surface area (Å²) in [4.78, 5) is 8.80. The number of rotatable bonds is 3. The van der Waals surface area contributed by atoms with E-state index in [0.29, 0.717) is 0 Å². The van der Waals surface area contributed by atoms with Gasteiger partial charge in [-0.3, -0.25) is 9.97 Å². The summed E-state index contributed by atoms with van der Waals surface area (Å²) in [5.74, 6) is 0. The molecule has 0 bridgehead atoms. The fraction of sp³-hybridized carbons (Fsp3) is 0.176. The van der Waals surface area contributed by atoms with Crippen LogP contribution in [0.25, 0.3) is 10.9 Å². The minimum atomic E-state index is -0.198. The molecule has 0 aliphatic rings. The number of hydrogen-bond donors (Lipinski definition) is 1. The van der Waals surface area contributed by atoms with Gasteiger partial charge in [-0.2, -0.15) is 0 Å². The van der Waals surface area contributed by atoms with Crippen molar-refractivity contribution in [3.63, 3.8) is 0 Å². The molecule has 2 heterocycles. The highest BCUT2D eigenvalue weighted by atomic mass is 14.8. The highest BCUT2D eigenvalue weighted by molar-refractivity contribution is 5.79. The van der Waals surface area contributed by atoms with Gasteiger partial charge in [-0.25, -0.2) is 0 Å². The average molecular weight is 263 g/mol. The Hall–Kier alpha value is -2.26. The van der Waals surface area contributed by atoms with E-state index in [-0.39, 0.29) is 6.04 Å². The zero-order chi connectivity index (χ0) is 13.9. The first-order valence-corrected chi connectivity index (χ1v) is 6.83. The van der Waals surface area contributed by atoms with Gasteiger partial charge in [0.2, 0.25) is 0 Å². The predicted octanol–water partition coefficient (Wildman–Crippen LogP) is 3.24. The maximum absolute atomic E-state index is 6.40. The zero-order valence-electron chi connectivity index (χ0n) is 11.5. The molecule has 0 spiro atoms. The molecule has 100 valence electrons. The molecule has 0 fully saturated rings. The molecule has 0 aliphatic heterocycles. The summed E-state index contributed by atoms with van der Waals surface area (Å²) in [6.07, 6.45) is 4.54. The molecule has 2 N–H and O–H groups in total. The van der Waals surface area contributed by atoms with Crippen LogP contribution >= 0.6 is 0 Å². The molecular weight excluding hydrogens is 246 g/mol. The standard InChI is InChI=1S/C17H17N3/c1-2-12-5-3-10-20-17(12)16(18)14-7-8-15-13(11-14)6-4-9-19-15/h3-11,16H,2,18H2,1H3. The van der Waals surface area contributed by atoms with Crippen LogP contribution in [0.5, 0.6) is 0 Å². The van der Waals surface area contributed by atoms with E-state index in [2.05, 4.69) is 35.1 Å². The summed E-state index contributed by atoms with van der Waals surface area (Å²) in [5, 5.41) is 1.11. The van der Waals surface area contributed by atoms with Gasteiger partial charge < -0.3 is 5.73 Å². The van der Waals surface area contributed by atoms with Crippen LogP contribution in [0.2, 0.25) is 0 Å². The summed E-state index contributed by atoms with van der Waals surface area (Å²) in [6.45, 7) is 2.12. The van der Waals surface area contributed by atoms with Crippen LogP contribution in [-0.2, 0) is 6.42 Å². The van der Waals surface area contributed by atoms with Crippen LogP contribution in [0.15, 0.2) is 54.9 Å². The van der Waals surface area contributed by atoms with Crippen molar-refractivity contribution >= 4 is 10.9 Å². The van der Waals surface area contributed by atoms with Gasteiger partial charge in [0.15, 0.2) is 0 Å². The Labute approximate surface area is 118 Å². The van der Waals surface area contributed by atoms with Crippen molar-refractivity contribution in [1.29, 1.82) is 0 Å². The fourth-order valence-electron chi connectivity index (χ4n) is 2.48. The van der Waals surface area contributed by atoms with Gasteiger partial charge in [-0.15, -0.1) is 0 Å². The van der Waals surface area contributed by atoms with Crippen LogP contribution in [0.3, 0.4) is 0 Å². The van der Waals surface area contributed by atoms with Crippen molar-refractivity contribution in [1.82, 2.24) is 9.97 Å². The fourth-order valence-corrected chi connectivity index (χ4v) is 2.48. The number of pyridine rings is 2. The quantitative estimate of drug-likeness (QED) is 0.789. The van der Waals surface area contributed by atoms with Crippen molar-refractivity contribution in [3.05, 3.63) is 71.7 Å². The molecule has 3 heteroatoms. The number of nitrogens with two attached hydrogens (primary N) is 1. The molecule has 1 atom stereocenters. The Bertz CT molecular complexity index is 737. The lowest BCUT2D eigenvalue weighted by Crippen LogP contribution is -2.15. The van der Waals surface area contributed by atoms with Crippen LogP contribution in [-0.4, -0.2) is 9.97 Å². The second-order valence-corrected chi connectivity index (χ2v) is 4.83. The summed E-state index contributed by atoms with van der Waals surface area (Å²) in [7, 11) is 0. The number of hydrogen-bond acceptors (Lipinski definition) is 3. The SMILES string of the molecule is CCc1cccnc1C(N)c1ccc2ncccc2c1. The third-order valence-corrected chi connectivity index (χ3v) is 3.59. The Morgan fingerprint density at radius 2 is 1.85 bits per heavy atom. The van der Waals surface area contributed by atoms with E-state index in [9.17, 15) is 0 Å². The summed E-state index contributed by atoms with van der Waals surface area (Å²) in [6, 6.07) is 14.0. The summed E-state index contributed by atoms with van der Waals surface area (Å²) < 4.78 is 0. The van der Waals surface area contributed by atoms with Gasteiger partial charge in [0.05, 0.1) is 17.3 Å². The van der Waals surface area contributed by atoms with Crippen molar-refractivity contribution in [2.75, 3.05) is 0 Å². The molecular formula is C17H17N3. The van der Waals surface area contributed by atoms with E-state index in [4.69, 9.17) is 5.73 Å². The van der Waals surface area contributed by atoms with Crippen molar-refractivity contribution in [2.24, 2.45) is 5.73 Å². The van der Waals surface area contributed by atoms with E-state index in [0.717, 1.165) is 28.6 Å². The van der Waals surface area contributed by atoms with Crippen LogP contribution in [0.1, 0.15) is 29.8 Å². The Morgan fingerprint density at radius 3 is 2.70 bits per heavy atom. The molecule has 0 saturated heterocycles. The number of aryl methyl sites for hydroxylation is 1. The molecule has 3 aromatic rings. The molecule has 1 unspecified atom stereocenters. The average Bonchev–Trinajstić information content (AvgIpc) is 2.53. The second-order valence-electron chi connectivity index (χ2n) is 4.83. The second kappa shape index (κ2) is 5.39. The van der Waals surface area contributed by atoms with Gasteiger partial charge >= 0.3 is 0 Å². The lowest BCUT2D eigenvalue weighted by Gasteiger charge is -2.15. The van der Waals surface area contributed by atoms with Gasteiger partial charge in [-0.1, -0.05) is 25.1 Å². The number of nitrogens with zero attached hydrogens (tertiary/aromatic N) is 2. The van der Waals surface area contributed by atoms with E-state index in [1.807, 2.05) is 24.3 Å². The molecule has 0 radical (unpaired) electrons. The van der Waals surface area contributed by atoms with E-state index in [1.54, 1.807) is 12.4 Å². The van der Waals surface area contributed by atoms with E-state index >= 15 is 0 Å². The maximum Gasteiger partial charge on any atom is 0.0729 e. The topological polar surface area (TPSA) is 51.8 Å². The molecule has 0 amide bonds. The maximum atomic E-state index is 6.40. The molecule has 0 aliphatic carbocycles. The lowest BCUT2D eigenvalue weighted by atomic mass is 9.98. The first-order valence-electron chi connectivity index (χ1n) is 6.83. The normalized spacial score (nSPS) is 12.5. The van der Waals surface area contributed by atoms with Crippen molar-refractivity contribution in [3.8, 4) is 0 Å². The Morgan fingerprint density at radius 1 is 1.05 bits per heavy atom. The summed E-state index contributed by atoms with van der Waals surface area (Å²) in [5.41, 5.74) is 10.6. The molecule has 2 aromatic heterocycles. The first kappa shape index (κ1) is 12.8. The molecule has 3 rings (SSSR count). The first-order chi connectivity index (χ1) is 9.79. The number of fused-ring (bicyclic) bond motifs is 1. The highest BCUT2D eigenvalue weighted by Crippen LogP contribution is 2.24. The van der Waals surface area contributed by atoms with Gasteiger partial charge in [-0.05, 0) is 41.8 Å². The van der Waals surface area contributed by atoms with Crippen molar-refractivity contribution in [2.45, 2.75) is 19.4 Å². The predicted molar refractivity (Wildman–Crippen MR) is 81.4 cm³/mol. The van der Waals surface area contributed by atoms with E-state index < -0.39 is 0 Å². The largest absolute Gasteiger partial charge is 0.319 e. The molecule has 1 aromatic carbocycles. The van der Waals surface area contributed by atoms with Crippen LogP contribution in [0, 0.1) is 0 Å².